The van der Waals surface area contributed by atoms with E-state index in [9.17, 15) is 0 Å². The lowest BCUT2D eigenvalue weighted by Crippen LogP contribution is -2.04. The van der Waals surface area contributed by atoms with E-state index in [1.807, 2.05) is 32.0 Å². The third-order valence-corrected chi connectivity index (χ3v) is 5.77. The molecule has 0 amide bonds. The summed E-state index contributed by atoms with van der Waals surface area (Å²) in [6, 6.07) is 12.3. The van der Waals surface area contributed by atoms with Gasteiger partial charge in [0, 0.05) is 17.2 Å². The van der Waals surface area contributed by atoms with E-state index in [4.69, 9.17) is 15.2 Å². The molecule has 27 heavy (non-hydrogen) atoms. The second-order valence-electron chi connectivity index (χ2n) is 6.46. The van der Waals surface area contributed by atoms with Crippen LogP contribution < -0.4 is 15.2 Å². The molecule has 0 bridgehead atoms. The second kappa shape index (κ2) is 7.66. The fourth-order valence-corrected chi connectivity index (χ4v) is 4.41. The molecule has 0 saturated heterocycles. The average molecular weight is 382 g/mol. The number of rotatable bonds is 6. The van der Waals surface area contributed by atoms with Crippen molar-refractivity contribution in [1.82, 2.24) is 10.2 Å². The summed E-state index contributed by atoms with van der Waals surface area (Å²) in [4.78, 5) is 0. The Bertz CT molecular complexity index is 954. The molecule has 1 aromatic heterocycles. The van der Waals surface area contributed by atoms with Gasteiger partial charge in [0.2, 0.25) is 0 Å². The lowest BCUT2D eigenvalue weighted by molar-refractivity contribution is 0.288. The first-order valence-electron chi connectivity index (χ1n) is 9.32. The quantitative estimate of drug-likeness (QED) is 0.675. The molecule has 3 aromatic rings. The fraction of sp³-hybridized carbons (Fsp3) is 0.333. The minimum atomic E-state index is 0.132. The number of fused-ring (bicyclic) bond motifs is 1. The predicted octanol–water partition coefficient (Wildman–Crippen LogP) is 4.62. The first-order chi connectivity index (χ1) is 13.2. The zero-order chi connectivity index (χ0) is 18.8. The number of benzene rings is 2. The fourth-order valence-electron chi connectivity index (χ4n) is 3.52. The van der Waals surface area contributed by atoms with Crippen molar-refractivity contribution in [2.24, 2.45) is 5.73 Å². The van der Waals surface area contributed by atoms with Crippen molar-refractivity contribution in [3.8, 4) is 32.6 Å². The molecule has 0 spiro atoms. The van der Waals surface area contributed by atoms with Crippen LogP contribution in [-0.4, -0.2) is 23.4 Å². The molecule has 1 heterocycles. The minimum Gasteiger partial charge on any atom is -0.490 e. The Morgan fingerprint density at radius 3 is 2.63 bits per heavy atom. The van der Waals surface area contributed by atoms with Crippen molar-refractivity contribution in [3.05, 3.63) is 47.5 Å². The van der Waals surface area contributed by atoms with Gasteiger partial charge in [0.1, 0.15) is 10.0 Å². The van der Waals surface area contributed by atoms with Gasteiger partial charge in [0.15, 0.2) is 11.5 Å². The highest BCUT2D eigenvalue weighted by atomic mass is 32.1. The molecule has 140 valence electrons. The van der Waals surface area contributed by atoms with Gasteiger partial charge in [-0.2, -0.15) is 0 Å². The molecule has 0 radical (unpaired) electrons. The molecule has 1 atom stereocenters. The highest BCUT2D eigenvalue weighted by molar-refractivity contribution is 7.17. The van der Waals surface area contributed by atoms with Crippen molar-refractivity contribution < 1.29 is 9.47 Å². The van der Waals surface area contributed by atoms with E-state index in [-0.39, 0.29) is 6.04 Å². The van der Waals surface area contributed by atoms with Gasteiger partial charge >= 0.3 is 0 Å². The van der Waals surface area contributed by atoms with Crippen molar-refractivity contribution >= 4 is 11.3 Å². The standard InChI is InChI=1S/C21H23N3O2S/c1-3-25-18-11-8-13(12-19(18)26-4-2)20-23-24-21(27-20)16-7-5-6-15-14(16)9-10-17(15)22/h5-8,11-12,17H,3-4,9-10,22H2,1-2H3/t17-/m0/s1. The SMILES string of the molecule is CCOc1ccc(-c2nnc(-c3cccc4c3CC[C@@H]4N)s2)cc1OCC. The largest absolute Gasteiger partial charge is 0.490 e. The number of aromatic nitrogens is 2. The van der Waals surface area contributed by atoms with Crippen LogP contribution in [0.15, 0.2) is 36.4 Å². The molecular weight excluding hydrogens is 358 g/mol. The first-order valence-corrected chi connectivity index (χ1v) is 10.1. The van der Waals surface area contributed by atoms with E-state index < -0.39 is 0 Å². The Balaban J connectivity index is 1.69. The summed E-state index contributed by atoms with van der Waals surface area (Å²) >= 11 is 1.59. The Kier molecular flexibility index (Phi) is 5.09. The van der Waals surface area contributed by atoms with Crippen LogP contribution in [0, 0.1) is 0 Å². The monoisotopic (exact) mass is 381 g/mol. The molecule has 2 aromatic carbocycles. The number of nitrogens with zero attached hydrogens (tertiary/aromatic N) is 2. The van der Waals surface area contributed by atoms with E-state index >= 15 is 0 Å². The van der Waals surface area contributed by atoms with Crippen molar-refractivity contribution in [2.45, 2.75) is 32.7 Å². The maximum atomic E-state index is 6.22. The topological polar surface area (TPSA) is 70.3 Å². The summed E-state index contributed by atoms with van der Waals surface area (Å²) in [6.07, 6.45) is 1.99. The van der Waals surface area contributed by atoms with Crippen LogP contribution in [0.5, 0.6) is 11.5 Å². The van der Waals surface area contributed by atoms with Gasteiger partial charge in [0.05, 0.1) is 13.2 Å². The minimum absolute atomic E-state index is 0.132. The lowest BCUT2D eigenvalue weighted by Gasteiger charge is -2.11. The van der Waals surface area contributed by atoms with Crippen LogP contribution >= 0.6 is 11.3 Å². The number of ether oxygens (including phenoxy) is 2. The smallest absolute Gasteiger partial charge is 0.161 e. The molecule has 6 heteroatoms. The van der Waals surface area contributed by atoms with Gasteiger partial charge in [-0.1, -0.05) is 29.5 Å². The van der Waals surface area contributed by atoms with Crippen LogP contribution in [0.2, 0.25) is 0 Å². The second-order valence-corrected chi connectivity index (χ2v) is 7.44. The van der Waals surface area contributed by atoms with Gasteiger partial charge in [-0.25, -0.2) is 0 Å². The number of nitrogens with two attached hydrogens (primary N) is 1. The van der Waals surface area contributed by atoms with Gasteiger partial charge in [-0.05, 0) is 56.0 Å². The predicted molar refractivity (Wildman–Crippen MR) is 108 cm³/mol. The van der Waals surface area contributed by atoms with Crippen LogP contribution in [0.3, 0.4) is 0 Å². The Morgan fingerprint density at radius 2 is 1.81 bits per heavy atom. The summed E-state index contributed by atoms with van der Waals surface area (Å²) in [5, 5.41) is 10.7. The van der Waals surface area contributed by atoms with Gasteiger partial charge in [-0.3, -0.25) is 0 Å². The van der Waals surface area contributed by atoms with E-state index in [2.05, 4.69) is 28.4 Å². The number of hydrogen-bond donors (Lipinski definition) is 1. The summed E-state index contributed by atoms with van der Waals surface area (Å²) in [5.41, 5.74) is 10.9. The van der Waals surface area contributed by atoms with Gasteiger partial charge in [-0.15, -0.1) is 10.2 Å². The van der Waals surface area contributed by atoms with E-state index in [0.29, 0.717) is 13.2 Å². The third-order valence-electron chi connectivity index (χ3n) is 4.76. The summed E-state index contributed by atoms with van der Waals surface area (Å²) in [7, 11) is 0. The van der Waals surface area contributed by atoms with E-state index in [0.717, 1.165) is 45.5 Å². The molecule has 0 aliphatic heterocycles. The van der Waals surface area contributed by atoms with Crippen molar-refractivity contribution in [3.63, 3.8) is 0 Å². The van der Waals surface area contributed by atoms with Crippen molar-refractivity contribution in [2.75, 3.05) is 13.2 Å². The van der Waals surface area contributed by atoms with Crippen molar-refractivity contribution in [1.29, 1.82) is 0 Å². The molecule has 4 rings (SSSR count). The molecule has 1 aliphatic carbocycles. The third kappa shape index (κ3) is 3.42. The van der Waals surface area contributed by atoms with Crippen LogP contribution in [-0.2, 0) is 6.42 Å². The summed E-state index contributed by atoms with van der Waals surface area (Å²) in [5.74, 6) is 1.49. The maximum Gasteiger partial charge on any atom is 0.161 e. The zero-order valence-electron chi connectivity index (χ0n) is 15.6. The van der Waals surface area contributed by atoms with E-state index in [1.165, 1.54) is 11.1 Å². The van der Waals surface area contributed by atoms with Gasteiger partial charge < -0.3 is 15.2 Å². The average Bonchev–Trinajstić information content (AvgIpc) is 3.31. The van der Waals surface area contributed by atoms with Crippen LogP contribution in [0.1, 0.15) is 37.4 Å². The molecule has 0 saturated carbocycles. The zero-order valence-corrected chi connectivity index (χ0v) is 16.4. The van der Waals surface area contributed by atoms with Crippen LogP contribution in [0.4, 0.5) is 0 Å². The Morgan fingerprint density at radius 1 is 1.04 bits per heavy atom. The molecule has 2 N–H and O–H groups in total. The Hall–Kier alpha value is -2.44. The molecule has 5 nitrogen and oxygen atoms in total. The Labute approximate surface area is 163 Å². The first kappa shape index (κ1) is 17.9. The molecule has 1 aliphatic rings. The summed E-state index contributed by atoms with van der Waals surface area (Å²) < 4.78 is 11.4. The maximum absolute atomic E-state index is 6.22. The normalized spacial score (nSPS) is 15.6. The van der Waals surface area contributed by atoms with Crippen LogP contribution in [0.25, 0.3) is 21.1 Å². The van der Waals surface area contributed by atoms with Gasteiger partial charge in [0.25, 0.3) is 0 Å². The lowest BCUT2D eigenvalue weighted by atomic mass is 10.0. The molecule has 0 fully saturated rings. The highest BCUT2D eigenvalue weighted by Gasteiger charge is 2.23. The number of hydrogen-bond acceptors (Lipinski definition) is 6. The van der Waals surface area contributed by atoms with E-state index in [1.54, 1.807) is 11.3 Å². The molecule has 0 unspecified atom stereocenters. The highest BCUT2D eigenvalue weighted by Crippen LogP contribution is 2.40. The summed E-state index contributed by atoms with van der Waals surface area (Å²) in [6.45, 7) is 5.11. The molecular formula is C21H23N3O2S.